The number of nitrogens with one attached hydrogen (secondary N) is 1. The molecule has 0 saturated heterocycles. The highest BCUT2D eigenvalue weighted by Crippen LogP contribution is 2.52. The summed E-state index contributed by atoms with van der Waals surface area (Å²) in [7, 11) is 0. The molecule has 0 radical (unpaired) electrons. The van der Waals surface area contributed by atoms with Gasteiger partial charge < -0.3 is 10.1 Å². The predicted molar refractivity (Wildman–Crippen MR) is 138 cm³/mol. The van der Waals surface area contributed by atoms with Crippen LogP contribution in [0.1, 0.15) is 50.8 Å². The van der Waals surface area contributed by atoms with Crippen LogP contribution in [0.25, 0.3) is 21.7 Å². The molecule has 1 aromatic heterocycles. The molecule has 6 rings (SSSR count). The third-order valence-electron chi connectivity index (χ3n) is 8.46. The molecule has 3 atom stereocenters. The first-order chi connectivity index (χ1) is 17.0. The summed E-state index contributed by atoms with van der Waals surface area (Å²) in [4.78, 5) is 16.5. The van der Waals surface area contributed by atoms with E-state index in [1.54, 1.807) is 0 Å². The number of anilines is 1. The molecule has 176 valence electrons. The number of hydrogen-bond acceptors (Lipinski definition) is 3. The van der Waals surface area contributed by atoms with Gasteiger partial charge in [-0.1, -0.05) is 62.4 Å². The number of aromatic nitrogens is 2. The molecule has 5 nitrogen and oxygen atoms in total. The number of hydrogen-bond donors (Lipinski definition) is 1. The van der Waals surface area contributed by atoms with Crippen molar-refractivity contribution in [3.8, 4) is 16.8 Å². The predicted octanol–water partition coefficient (Wildman–Crippen LogP) is 6.35. The highest BCUT2D eigenvalue weighted by molar-refractivity contribution is 6.00. The Hall–Kier alpha value is -3.65. The second-order valence-corrected chi connectivity index (χ2v) is 10.5. The molecule has 1 saturated carbocycles. The van der Waals surface area contributed by atoms with Crippen LogP contribution in [0.15, 0.2) is 66.4 Å². The Bertz CT molecular complexity index is 1360. The topological polar surface area (TPSA) is 51.3 Å². The first-order valence-corrected chi connectivity index (χ1v) is 12.7. The van der Waals surface area contributed by atoms with Crippen LogP contribution in [0.5, 0.6) is 0 Å². The lowest BCUT2D eigenvalue weighted by Gasteiger charge is -2.45. The quantitative estimate of drug-likeness (QED) is 0.460. The smallest absolute Gasteiger partial charge is 0.226 e. The van der Waals surface area contributed by atoms with Gasteiger partial charge in [-0.15, -0.1) is 5.10 Å². The highest BCUT2D eigenvalue weighted by atomic mass is 16.1. The minimum Gasteiger partial charge on any atom is -0.366 e. The number of carbonyl (C=O) groups excluding carboxylic acids is 1. The molecular formula is C30H30N4O. The monoisotopic (exact) mass is 462 g/mol. The van der Waals surface area contributed by atoms with Gasteiger partial charge in [0, 0.05) is 22.9 Å². The van der Waals surface area contributed by atoms with Crippen molar-refractivity contribution in [3.05, 3.63) is 89.0 Å². The van der Waals surface area contributed by atoms with E-state index in [4.69, 9.17) is 11.7 Å². The Balaban J connectivity index is 1.50. The minimum atomic E-state index is -0.425. The number of Topliss-reactive ketones (excluding diaryl/α,β-unsaturated/α-hetero) is 1. The zero-order valence-corrected chi connectivity index (χ0v) is 20.3. The van der Waals surface area contributed by atoms with E-state index in [1.165, 1.54) is 36.0 Å². The van der Waals surface area contributed by atoms with Crippen LogP contribution in [-0.2, 0) is 16.6 Å². The highest BCUT2D eigenvalue weighted by Gasteiger charge is 2.50. The number of fused-ring (bicyclic) bond motifs is 3. The van der Waals surface area contributed by atoms with Crippen LogP contribution < -0.4 is 5.32 Å². The molecule has 1 heterocycles. The first-order valence-electron chi connectivity index (χ1n) is 12.7. The van der Waals surface area contributed by atoms with Crippen LogP contribution >= 0.6 is 0 Å². The minimum absolute atomic E-state index is 0.0166. The molecular weight excluding hydrogens is 432 g/mol. The number of allylic oxidation sites excluding steroid dienone is 2. The molecule has 3 aliphatic carbocycles. The summed E-state index contributed by atoms with van der Waals surface area (Å²) in [6.45, 7) is 11.8. The number of carbonyl (C=O) groups is 1. The molecule has 0 aliphatic heterocycles. The van der Waals surface area contributed by atoms with E-state index in [2.05, 4.69) is 70.3 Å². The number of benzene rings is 2. The van der Waals surface area contributed by atoms with E-state index in [1.807, 2.05) is 19.1 Å². The van der Waals surface area contributed by atoms with Crippen molar-refractivity contribution in [2.45, 2.75) is 57.4 Å². The van der Waals surface area contributed by atoms with Crippen molar-refractivity contribution < 1.29 is 4.79 Å². The van der Waals surface area contributed by atoms with Crippen molar-refractivity contribution >= 4 is 11.6 Å². The summed E-state index contributed by atoms with van der Waals surface area (Å²) >= 11 is 0. The van der Waals surface area contributed by atoms with Crippen molar-refractivity contribution in [2.24, 2.45) is 11.8 Å². The van der Waals surface area contributed by atoms with Gasteiger partial charge in [-0.05, 0) is 61.3 Å². The summed E-state index contributed by atoms with van der Waals surface area (Å²) in [5.74, 6) is 0.938. The molecule has 1 N–H and O–H groups in total. The molecule has 3 aliphatic rings. The molecule has 5 heteroatoms. The maximum absolute atomic E-state index is 12.9. The lowest BCUT2D eigenvalue weighted by Crippen LogP contribution is -2.46. The molecule has 3 aromatic rings. The zero-order valence-electron chi connectivity index (χ0n) is 20.3. The number of rotatable bonds is 4. The van der Waals surface area contributed by atoms with Crippen LogP contribution in [0.3, 0.4) is 0 Å². The Labute approximate surface area is 206 Å². The van der Waals surface area contributed by atoms with Gasteiger partial charge in [-0.25, -0.2) is 9.53 Å². The van der Waals surface area contributed by atoms with Crippen molar-refractivity contribution in [1.29, 1.82) is 0 Å². The number of ketones is 1. The fraction of sp³-hybridized carbons (Fsp3) is 0.367. The Morgan fingerprint density at radius 2 is 1.77 bits per heavy atom. The lowest BCUT2D eigenvalue weighted by molar-refractivity contribution is -0.121. The normalized spacial score (nSPS) is 25.6. The van der Waals surface area contributed by atoms with Gasteiger partial charge >= 0.3 is 0 Å². The molecule has 0 spiro atoms. The zero-order chi connectivity index (χ0) is 24.2. The third-order valence-corrected chi connectivity index (χ3v) is 8.46. The van der Waals surface area contributed by atoms with E-state index in [9.17, 15) is 4.79 Å². The van der Waals surface area contributed by atoms with Crippen LogP contribution in [0.4, 0.5) is 5.82 Å². The maximum Gasteiger partial charge on any atom is 0.226 e. The average Bonchev–Trinajstić information content (AvgIpc) is 3.24. The van der Waals surface area contributed by atoms with Gasteiger partial charge in [0.15, 0.2) is 11.6 Å². The van der Waals surface area contributed by atoms with E-state index < -0.39 is 5.41 Å². The van der Waals surface area contributed by atoms with E-state index >= 15 is 0 Å². The van der Waals surface area contributed by atoms with Crippen molar-refractivity contribution in [1.82, 2.24) is 9.78 Å². The van der Waals surface area contributed by atoms with Gasteiger partial charge in [-0.2, -0.15) is 0 Å². The largest absolute Gasteiger partial charge is 0.366 e. The van der Waals surface area contributed by atoms with E-state index in [0.29, 0.717) is 6.04 Å². The van der Waals surface area contributed by atoms with Gasteiger partial charge in [-0.3, -0.25) is 0 Å². The Morgan fingerprint density at radius 1 is 1.06 bits per heavy atom. The Kier molecular flexibility index (Phi) is 5.14. The summed E-state index contributed by atoms with van der Waals surface area (Å²) < 4.78 is 2.08. The molecule has 0 amide bonds. The second kappa shape index (κ2) is 8.23. The standard InChI is InChI=1S/C30H30N4O/c1-19-25-17-16-24-28(30(25,2)18-26(31-3)27(19)35)34(33-29(24)32-22-10-7-11-22)23-14-12-21(13-15-23)20-8-5-4-6-9-20/h4-6,8-9,12-15,18-19,22,25H,7,10-11,16-17H2,1-2H3,(H,32,33)/t19-,25-,30-/m1/s1. The Morgan fingerprint density at radius 3 is 2.43 bits per heavy atom. The maximum atomic E-state index is 12.9. The molecule has 1 fully saturated rings. The van der Waals surface area contributed by atoms with Gasteiger partial charge in [0.25, 0.3) is 0 Å². The first kappa shape index (κ1) is 21.9. The van der Waals surface area contributed by atoms with Crippen LogP contribution in [0.2, 0.25) is 0 Å². The van der Waals surface area contributed by atoms with Crippen molar-refractivity contribution in [3.63, 3.8) is 0 Å². The molecule has 0 unspecified atom stereocenters. The van der Waals surface area contributed by atoms with Crippen LogP contribution in [-0.4, -0.2) is 21.6 Å². The van der Waals surface area contributed by atoms with Crippen LogP contribution in [0, 0.1) is 18.4 Å². The SMILES string of the molecule is [C-]#[N+]C1=C[C@@]2(C)c3c(c(NC4CCC4)nn3-c3ccc(-c4ccccc4)cc3)CC[C@@H]2[C@@H](C)C1=O. The van der Waals surface area contributed by atoms with Gasteiger partial charge in [0.1, 0.15) is 0 Å². The van der Waals surface area contributed by atoms with Crippen molar-refractivity contribution in [2.75, 3.05) is 5.32 Å². The summed E-state index contributed by atoms with van der Waals surface area (Å²) in [6.07, 6.45) is 7.38. The summed E-state index contributed by atoms with van der Waals surface area (Å²) in [5, 5.41) is 8.84. The second-order valence-electron chi connectivity index (χ2n) is 10.5. The fourth-order valence-electron chi connectivity index (χ4n) is 6.29. The van der Waals surface area contributed by atoms with E-state index in [0.717, 1.165) is 30.0 Å². The molecule has 0 bridgehead atoms. The van der Waals surface area contributed by atoms with Gasteiger partial charge in [0.05, 0.1) is 18.0 Å². The fourth-order valence-corrected chi connectivity index (χ4v) is 6.29. The van der Waals surface area contributed by atoms with Gasteiger partial charge in [0.2, 0.25) is 5.70 Å². The summed E-state index contributed by atoms with van der Waals surface area (Å²) in [6, 6.07) is 19.4. The lowest BCUT2D eigenvalue weighted by atomic mass is 9.58. The molecule has 2 aromatic carbocycles. The molecule has 35 heavy (non-hydrogen) atoms. The third kappa shape index (κ3) is 3.43. The average molecular weight is 463 g/mol. The summed E-state index contributed by atoms with van der Waals surface area (Å²) in [5.41, 5.74) is 5.57. The number of nitrogens with zero attached hydrogens (tertiary/aromatic N) is 3. The van der Waals surface area contributed by atoms with E-state index in [-0.39, 0.29) is 23.3 Å².